The number of ether oxygens (including phenoxy) is 2. The Balaban J connectivity index is 2.20. The molecule has 0 bridgehead atoms. The fraction of sp³-hybridized carbons (Fsp3) is 0.133. The molecule has 0 spiro atoms. The quantitative estimate of drug-likeness (QED) is 0.919. The molecule has 2 aromatic rings. The highest BCUT2D eigenvalue weighted by molar-refractivity contribution is 5.90. The summed E-state index contributed by atoms with van der Waals surface area (Å²) in [5, 5.41) is 8.98. The predicted octanol–water partition coefficient (Wildman–Crippen LogP) is 3.25. The first-order chi connectivity index (χ1) is 10.0. The minimum atomic E-state index is -1.30. The van der Waals surface area contributed by atoms with Gasteiger partial charge in [-0.1, -0.05) is 12.1 Å². The Kier molecular flexibility index (Phi) is 4.37. The molecule has 110 valence electrons. The summed E-state index contributed by atoms with van der Waals surface area (Å²) in [6, 6.07) is 7.74. The first-order valence-corrected chi connectivity index (χ1v) is 6.00. The smallest absolute Gasteiger partial charge is 0.339 e. The van der Waals surface area contributed by atoms with E-state index in [1.807, 2.05) is 0 Å². The minimum absolute atomic E-state index is 0.0795. The molecule has 0 fully saturated rings. The zero-order valence-electron chi connectivity index (χ0n) is 11.1. The third kappa shape index (κ3) is 3.28. The Morgan fingerprint density at radius 2 is 1.95 bits per heavy atom. The highest BCUT2D eigenvalue weighted by atomic mass is 19.1. The molecule has 6 heteroatoms. The van der Waals surface area contributed by atoms with Crippen LogP contribution >= 0.6 is 0 Å². The van der Waals surface area contributed by atoms with Gasteiger partial charge in [-0.25, -0.2) is 13.6 Å². The van der Waals surface area contributed by atoms with Crippen molar-refractivity contribution in [1.82, 2.24) is 0 Å². The molecule has 2 aromatic carbocycles. The number of benzene rings is 2. The molecule has 0 atom stereocenters. The van der Waals surface area contributed by atoms with Gasteiger partial charge in [-0.3, -0.25) is 0 Å². The molecular formula is C15H12F2O4. The number of para-hydroxylation sites is 1. The molecule has 0 saturated heterocycles. The van der Waals surface area contributed by atoms with Gasteiger partial charge in [0, 0.05) is 0 Å². The SMILES string of the molecule is COc1ccc(COc2c(F)cccc2C(=O)O)cc1F. The Morgan fingerprint density at radius 3 is 2.57 bits per heavy atom. The second-order valence-corrected chi connectivity index (χ2v) is 4.18. The lowest BCUT2D eigenvalue weighted by atomic mass is 10.2. The van der Waals surface area contributed by atoms with Crippen molar-refractivity contribution in [3.8, 4) is 11.5 Å². The molecule has 2 rings (SSSR count). The van der Waals surface area contributed by atoms with Gasteiger partial charge in [0.2, 0.25) is 0 Å². The second-order valence-electron chi connectivity index (χ2n) is 4.18. The van der Waals surface area contributed by atoms with E-state index in [1.165, 1.54) is 31.4 Å². The maximum atomic E-state index is 13.6. The first-order valence-electron chi connectivity index (χ1n) is 6.00. The summed E-state index contributed by atoms with van der Waals surface area (Å²) < 4.78 is 37.1. The van der Waals surface area contributed by atoms with E-state index in [0.717, 1.165) is 6.07 Å². The van der Waals surface area contributed by atoms with E-state index >= 15 is 0 Å². The highest BCUT2D eigenvalue weighted by Crippen LogP contribution is 2.25. The summed E-state index contributed by atoms with van der Waals surface area (Å²) in [6.45, 7) is -0.165. The molecule has 0 aliphatic rings. The standard InChI is InChI=1S/C15H12F2O4/c1-20-13-6-5-9(7-12(13)17)8-21-14-10(15(18)19)3-2-4-11(14)16/h2-7H,8H2,1H3,(H,18,19). The molecular weight excluding hydrogens is 282 g/mol. The molecule has 21 heavy (non-hydrogen) atoms. The number of hydrogen-bond donors (Lipinski definition) is 1. The molecule has 0 amide bonds. The van der Waals surface area contributed by atoms with Crippen LogP contribution in [0.25, 0.3) is 0 Å². The van der Waals surface area contributed by atoms with Crippen LogP contribution < -0.4 is 9.47 Å². The molecule has 0 unspecified atom stereocenters. The third-order valence-corrected chi connectivity index (χ3v) is 2.80. The summed E-state index contributed by atoms with van der Waals surface area (Å²) in [5.41, 5.74) is 0.136. The fourth-order valence-electron chi connectivity index (χ4n) is 1.78. The molecule has 4 nitrogen and oxygen atoms in total. The lowest BCUT2D eigenvalue weighted by Crippen LogP contribution is -2.05. The number of rotatable bonds is 5. The summed E-state index contributed by atoms with van der Waals surface area (Å²) in [7, 11) is 1.34. The van der Waals surface area contributed by atoms with Crippen molar-refractivity contribution in [2.24, 2.45) is 0 Å². The predicted molar refractivity (Wildman–Crippen MR) is 70.6 cm³/mol. The van der Waals surface area contributed by atoms with Gasteiger partial charge in [-0.15, -0.1) is 0 Å². The number of methoxy groups -OCH3 is 1. The van der Waals surface area contributed by atoms with Crippen molar-refractivity contribution in [3.63, 3.8) is 0 Å². The van der Waals surface area contributed by atoms with E-state index in [1.54, 1.807) is 6.07 Å². The van der Waals surface area contributed by atoms with Crippen LogP contribution in [0.3, 0.4) is 0 Å². The van der Waals surface area contributed by atoms with Crippen LogP contribution in [-0.4, -0.2) is 18.2 Å². The molecule has 1 N–H and O–H groups in total. The van der Waals surface area contributed by atoms with Crippen molar-refractivity contribution in [2.45, 2.75) is 6.61 Å². The van der Waals surface area contributed by atoms with E-state index in [-0.39, 0.29) is 23.7 Å². The summed E-state index contributed by atoms with van der Waals surface area (Å²) >= 11 is 0. The Bertz CT molecular complexity index is 671. The summed E-state index contributed by atoms with van der Waals surface area (Å²) in [5.74, 6) is -2.96. The van der Waals surface area contributed by atoms with Crippen molar-refractivity contribution in [2.75, 3.05) is 7.11 Å². The minimum Gasteiger partial charge on any atom is -0.494 e. The van der Waals surface area contributed by atoms with Crippen LogP contribution in [0.2, 0.25) is 0 Å². The van der Waals surface area contributed by atoms with Gasteiger partial charge in [0.1, 0.15) is 12.2 Å². The topological polar surface area (TPSA) is 55.8 Å². The van der Waals surface area contributed by atoms with Crippen molar-refractivity contribution >= 4 is 5.97 Å². The number of hydrogen-bond acceptors (Lipinski definition) is 3. The van der Waals surface area contributed by atoms with Crippen molar-refractivity contribution < 1.29 is 28.2 Å². The van der Waals surface area contributed by atoms with Gasteiger partial charge in [0.15, 0.2) is 23.1 Å². The summed E-state index contributed by atoms with van der Waals surface area (Å²) in [4.78, 5) is 11.0. The monoisotopic (exact) mass is 294 g/mol. The fourth-order valence-corrected chi connectivity index (χ4v) is 1.78. The number of carbonyl (C=O) groups is 1. The zero-order valence-corrected chi connectivity index (χ0v) is 11.1. The lowest BCUT2D eigenvalue weighted by molar-refractivity contribution is 0.0690. The van der Waals surface area contributed by atoms with Gasteiger partial charge in [-0.05, 0) is 29.8 Å². The Morgan fingerprint density at radius 1 is 1.19 bits per heavy atom. The largest absolute Gasteiger partial charge is 0.494 e. The Hall–Kier alpha value is -2.63. The number of aromatic carboxylic acids is 1. The van der Waals surface area contributed by atoms with E-state index in [0.29, 0.717) is 5.56 Å². The van der Waals surface area contributed by atoms with Crippen LogP contribution in [0.1, 0.15) is 15.9 Å². The van der Waals surface area contributed by atoms with Crippen LogP contribution in [0.4, 0.5) is 8.78 Å². The molecule has 0 radical (unpaired) electrons. The van der Waals surface area contributed by atoms with Crippen LogP contribution in [0.5, 0.6) is 11.5 Å². The molecule has 0 aliphatic heterocycles. The van der Waals surface area contributed by atoms with Gasteiger partial charge in [-0.2, -0.15) is 0 Å². The van der Waals surface area contributed by atoms with E-state index in [9.17, 15) is 13.6 Å². The van der Waals surface area contributed by atoms with Crippen LogP contribution in [-0.2, 0) is 6.61 Å². The molecule has 0 saturated carbocycles. The van der Waals surface area contributed by atoms with Crippen molar-refractivity contribution in [3.05, 3.63) is 59.2 Å². The maximum absolute atomic E-state index is 13.6. The molecule has 0 heterocycles. The number of carboxylic acids is 1. The average molecular weight is 294 g/mol. The van der Waals surface area contributed by atoms with Gasteiger partial charge < -0.3 is 14.6 Å². The second kappa shape index (κ2) is 6.21. The summed E-state index contributed by atoms with van der Waals surface area (Å²) in [6.07, 6.45) is 0. The zero-order chi connectivity index (χ0) is 15.4. The van der Waals surface area contributed by atoms with E-state index in [2.05, 4.69) is 0 Å². The van der Waals surface area contributed by atoms with E-state index < -0.39 is 17.6 Å². The number of carboxylic acid groups (broad SMARTS) is 1. The van der Waals surface area contributed by atoms with Crippen LogP contribution in [0, 0.1) is 11.6 Å². The van der Waals surface area contributed by atoms with Crippen molar-refractivity contribution in [1.29, 1.82) is 0 Å². The first kappa shape index (κ1) is 14.8. The average Bonchev–Trinajstić information content (AvgIpc) is 2.45. The van der Waals surface area contributed by atoms with Gasteiger partial charge in [0.25, 0.3) is 0 Å². The van der Waals surface area contributed by atoms with E-state index in [4.69, 9.17) is 14.6 Å². The third-order valence-electron chi connectivity index (χ3n) is 2.80. The van der Waals surface area contributed by atoms with Crippen LogP contribution in [0.15, 0.2) is 36.4 Å². The number of halogens is 2. The lowest BCUT2D eigenvalue weighted by Gasteiger charge is -2.11. The van der Waals surface area contributed by atoms with Gasteiger partial charge >= 0.3 is 5.97 Å². The highest BCUT2D eigenvalue weighted by Gasteiger charge is 2.16. The molecule has 0 aliphatic carbocycles. The molecule has 0 aromatic heterocycles. The Labute approximate surface area is 119 Å². The normalized spacial score (nSPS) is 10.2. The maximum Gasteiger partial charge on any atom is 0.339 e. The van der Waals surface area contributed by atoms with Gasteiger partial charge in [0.05, 0.1) is 7.11 Å².